The maximum atomic E-state index is 12.0. The molecule has 0 radical (unpaired) electrons. The zero-order valence-electron chi connectivity index (χ0n) is 10.7. The molecule has 1 N–H and O–H groups in total. The van der Waals surface area contributed by atoms with Gasteiger partial charge in [0.15, 0.2) is 0 Å². The molecule has 1 amide bonds. The topological polar surface area (TPSA) is 46.9 Å². The molecule has 1 fully saturated rings. The Hall–Kier alpha value is -1.03. The van der Waals surface area contributed by atoms with Crippen LogP contribution in [-0.2, 0) is 11.3 Å². The molecule has 0 bridgehead atoms. The summed E-state index contributed by atoms with van der Waals surface area (Å²) in [5.74, 6) is -0.0976. The molecular weight excluding hydrogens is 250 g/mol. The first kappa shape index (κ1) is 13.4. The SMILES string of the molecule is CCCn1cc(C(Cl)C(=O)NC2CCCC2)cn1. The molecular formula is C13H20ClN3O. The number of amides is 1. The van der Waals surface area contributed by atoms with Crippen molar-refractivity contribution in [2.24, 2.45) is 0 Å². The molecule has 0 saturated heterocycles. The van der Waals surface area contributed by atoms with E-state index in [-0.39, 0.29) is 5.91 Å². The summed E-state index contributed by atoms with van der Waals surface area (Å²) in [6, 6.07) is 0.310. The van der Waals surface area contributed by atoms with Gasteiger partial charge in [-0.25, -0.2) is 0 Å². The Balaban J connectivity index is 1.91. The average Bonchev–Trinajstić information content (AvgIpc) is 3.00. The highest BCUT2D eigenvalue weighted by atomic mass is 35.5. The van der Waals surface area contributed by atoms with Gasteiger partial charge in [0.1, 0.15) is 5.38 Å². The summed E-state index contributed by atoms with van der Waals surface area (Å²) in [7, 11) is 0. The Morgan fingerprint density at radius 1 is 1.61 bits per heavy atom. The van der Waals surface area contributed by atoms with Crippen LogP contribution in [0.2, 0.25) is 0 Å². The van der Waals surface area contributed by atoms with Gasteiger partial charge in [-0.05, 0) is 19.3 Å². The van der Waals surface area contributed by atoms with Crippen LogP contribution >= 0.6 is 11.6 Å². The molecule has 5 heteroatoms. The van der Waals surface area contributed by atoms with Gasteiger partial charge in [0, 0.05) is 24.3 Å². The van der Waals surface area contributed by atoms with Gasteiger partial charge in [-0.15, -0.1) is 11.6 Å². The first-order valence-electron chi connectivity index (χ1n) is 6.67. The number of halogens is 1. The molecule has 0 aliphatic heterocycles. The monoisotopic (exact) mass is 269 g/mol. The molecule has 1 aliphatic rings. The number of rotatable bonds is 5. The van der Waals surface area contributed by atoms with Crippen LogP contribution in [0.25, 0.3) is 0 Å². The summed E-state index contributed by atoms with van der Waals surface area (Å²) in [6.07, 6.45) is 9.10. The second-order valence-electron chi connectivity index (χ2n) is 4.89. The number of hydrogen-bond donors (Lipinski definition) is 1. The second kappa shape index (κ2) is 6.23. The molecule has 0 aromatic carbocycles. The van der Waals surface area contributed by atoms with E-state index in [1.54, 1.807) is 6.20 Å². The lowest BCUT2D eigenvalue weighted by Gasteiger charge is -2.14. The highest BCUT2D eigenvalue weighted by molar-refractivity contribution is 6.30. The number of carbonyl (C=O) groups is 1. The maximum absolute atomic E-state index is 12.0. The fourth-order valence-electron chi connectivity index (χ4n) is 2.36. The zero-order valence-corrected chi connectivity index (χ0v) is 11.5. The lowest BCUT2D eigenvalue weighted by atomic mass is 10.2. The Kier molecular flexibility index (Phi) is 4.64. The van der Waals surface area contributed by atoms with Gasteiger partial charge in [0.2, 0.25) is 5.91 Å². The number of nitrogens with zero attached hydrogens (tertiary/aromatic N) is 2. The number of carbonyl (C=O) groups excluding carboxylic acids is 1. The molecule has 2 rings (SSSR count). The fourth-order valence-corrected chi connectivity index (χ4v) is 2.53. The molecule has 100 valence electrons. The third-order valence-corrected chi connectivity index (χ3v) is 3.78. The van der Waals surface area contributed by atoms with Gasteiger partial charge in [-0.3, -0.25) is 9.48 Å². The molecule has 1 saturated carbocycles. The molecule has 0 spiro atoms. The fraction of sp³-hybridized carbons (Fsp3) is 0.692. The highest BCUT2D eigenvalue weighted by Gasteiger charge is 2.23. The van der Waals surface area contributed by atoms with Crippen LogP contribution in [0.5, 0.6) is 0 Å². The predicted molar refractivity (Wildman–Crippen MR) is 71.5 cm³/mol. The standard InChI is InChI=1S/C13H20ClN3O/c1-2-7-17-9-10(8-15-17)12(14)13(18)16-11-5-3-4-6-11/h8-9,11-12H,2-7H2,1H3,(H,16,18). The third kappa shape index (κ3) is 3.25. The summed E-state index contributed by atoms with van der Waals surface area (Å²) in [5, 5.41) is 6.58. The van der Waals surface area contributed by atoms with E-state index in [1.807, 2.05) is 10.9 Å². The minimum atomic E-state index is -0.629. The van der Waals surface area contributed by atoms with Crippen molar-refractivity contribution in [3.8, 4) is 0 Å². The van der Waals surface area contributed by atoms with Gasteiger partial charge < -0.3 is 5.32 Å². The Morgan fingerprint density at radius 2 is 2.33 bits per heavy atom. The normalized spacial score (nSPS) is 17.9. The minimum Gasteiger partial charge on any atom is -0.352 e. The van der Waals surface area contributed by atoms with Crippen LogP contribution < -0.4 is 5.32 Å². The lowest BCUT2D eigenvalue weighted by molar-refractivity contribution is -0.121. The van der Waals surface area contributed by atoms with Crippen LogP contribution in [0, 0.1) is 0 Å². The average molecular weight is 270 g/mol. The molecule has 4 nitrogen and oxygen atoms in total. The van der Waals surface area contributed by atoms with E-state index in [1.165, 1.54) is 12.8 Å². The van der Waals surface area contributed by atoms with Crippen molar-refractivity contribution in [1.82, 2.24) is 15.1 Å². The van der Waals surface area contributed by atoms with Crippen molar-refractivity contribution in [3.05, 3.63) is 18.0 Å². The highest BCUT2D eigenvalue weighted by Crippen LogP contribution is 2.23. The molecule has 1 aromatic heterocycles. The number of hydrogen-bond acceptors (Lipinski definition) is 2. The molecule has 1 aliphatic carbocycles. The van der Waals surface area contributed by atoms with Crippen LogP contribution in [0.1, 0.15) is 50.0 Å². The largest absolute Gasteiger partial charge is 0.352 e. The van der Waals surface area contributed by atoms with Crippen LogP contribution in [-0.4, -0.2) is 21.7 Å². The van der Waals surface area contributed by atoms with E-state index in [4.69, 9.17) is 11.6 Å². The summed E-state index contributed by atoms with van der Waals surface area (Å²) in [5.41, 5.74) is 0.778. The van der Waals surface area contributed by atoms with Gasteiger partial charge in [-0.1, -0.05) is 19.8 Å². The summed E-state index contributed by atoms with van der Waals surface area (Å²) < 4.78 is 1.83. The number of aromatic nitrogens is 2. The maximum Gasteiger partial charge on any atom is 0.242 e. The van der Waals surface area contributed by atoms with E-state index >= 15 is 0 Å². The minimum absolute atomic E-state index is 0.0976. The number of aryl methyl sites for hydroxylation is 1. The van der Waals surface area contributed by atoms with Crippen LogP contribution in [0.3, 0.4) is 0 Å². The van der Waals surface area contributed by atoms with E-state index in [2.05, 4.69) is 17.3 Å². The first-order chi connectivity index (χ1) is 8.70. The van der Waals surface area contributed by atoms with Crippen molar-refractivity contribution in [3.63, 3.8) is 0 Å². The summed E-state index contributed by atoms with van der Waals surface area (Å²) in [6.45, 7) is 2.94. The van der Waals surface area contributed by atoms with Crippen LogP contribution in [0.15, 0.2) is 12.4 Å². The Labute approximate surface area is 113 Å². The smallest absolute Gasteiger partial charge is 0.242 e. The number of alkyl halides is 1. The van der Waals surface area contributed by atoms with E-state index < -0.39 is 5.38 Å². The first-order valence-corrected chi connectivity index (χ1v) is 7.11. The zero-order chi connectivity index (χ0) is 13.0. The van der Waals surface area contributed by atoms with E-state index in [0.717, 1.165) is 31.4 Å². The summed E-state index contributed by atoms with van der Waals surface area (Å²) >= 11 is 6.18. The van der Waals surface area contributed by atoms with Crippen molar-refractivity contribution < 1.29 is 4.79 Å². The quantitative estimate of drug-likeness (QED) is 0.836. The van der Waals surface area contributed by atoms with E-state index in [9.17, 15) is 4.79 Å². The van der Waals surface area contributed by atoms with Gasteiger partial charge >= 0.3 is 0 Å². The molecule has 18 heavy (non-hydrogen) atoms. The Morgan fingerprint density at radius 3 is 3.00 bits per heavy atom. The van der Waals surface area contributed by atoms with Crippen molar-refractivity contribution in [1.29, 1.82) is 0 Å². The third-order valence-electron chi connectivity index (χ3n) is 3.33. The molecule has 1 heterocycles. The van der Waals surface area contributed by atoms with Crippen LogP contribution in [0.4, 0.5) is 0 Å². The second-order valence-corrected chi connectivity index (χ2v) is 5.33. The van der Waals surface area contributed by atoms with Gasteiger partial charge in [-0.2, -0.15) is 5.10 Å². The Bertz CT molecular complexity index is 399. The molecule has 1 aromatic rings. The summed E-state index contributed by atoms with van der Waals surface area (Å²) in [4.78, 5) is 12.0. The van der Waals surface area contributed by atoms with Gasteiger partial charge in [0.25, 0.3) is 0 Å². The van der Waals surface area contributed by atoms with Gasteiger partial charge in [0.05, 0.1) is 6.20 Å². The van der Waals surface area contributed by atoms with Crippen molar-refractivity contribution >= 4 is 17.5 Å². The predicted octanol–water partition coefficient (Wildman–Crippen LogP) is 2.63. The lowest BCUT2D eigenvalue weighted by Crippen LogP contribution is -2.34. The number of nitrogens with one attached hydrogen (secondary N) is 1. The van der Waals surface area contributed by atoms with Crippen molar-refractivity contribution in [2.45, 2.75) is 57.0 Å². The molecule has 1 atom stereocenters. The van der Waals surface area contributed by atoms with E-state index in [0.29, 0.717) is 6.04 Å². The van der Waals surface area contributed by atoms with Crippen molar-refractivity contribution in [2.75, 3.05) is 0 Å². The molecule has 1 unspecified atom stereocenters.